The largest absolute Gasteiger partial charge is 0.389 e. The number of β-amino-alcohol motifs (C(OH)–C–C–N with tert-alkyl or cyclic N) is 1. The van der Waals surface area contributed by atoms with E-state index in [4.69, 9.17) is 0 Å². The van der Waals surface area contributed by atoms with E-state index in [1.807, 2.05) is 12.3 Å². The molecule has 4 rings (SSSR count). The maximum atomic E-state index is 12.3. The molecule has 1 N–H and O–H groups in total. The standard InChI is InChI=1S/C21H30N4O2/c26-19-5-6-20(25-12-4-11-22-25)23-18(19)15-17-7-13-24(14-8-17)16-21(27)9-2-1-3-10-21/h4-6,11-12,17-18,27H,1-3,7-10,13-16H2. The SMILES string of the molecule is O=C1C=CC(n2cccn2)=NC1CC1CCN(CC2(O)CCCCC2)CC1. The fraction of sp³-hybridized carbons (Fsp3) is 0.667. The molecule has 1 aliphatic carbocycles. The van der Waals surface area contributed by atoms with Crippen molar-refractivity contribution < 1.29 is 9.90 Å². The molecule has 27 heavy (non-hydrogen) atoms. The molecule has 1 aromatic heterocycles. The van der Waals surface area contributed by atoms with Gasteiger partial charge in [0.2, 0.25) is 0 Å². The molecule has 146 valence electrons. The third kappa shape index (κ3) is 4.55. The molecule has 0 bridgehead atoms. The molecular formula is C21H30N4O2. The minimum Gasteiger partial charge on any atom is -0.389 e. The lowest BCUT2D eigenvalue weighted by Crippen LogP contribution is -2.47. The van der Waals surface area contributed by atoms with E-state index in [1.165, 1.54) is 6.42 Å². The van der Waals surface area contributed by atoms with E-state index in [-0.39, 0.29) is 11.8 Å². The number of hydrogen-bond acceptors (Lipinski definition) is 5. The number of carbonyl (C=O) groups is 1. The maximum Gasteiger partial charge on any atom is 0.180 e. The Hall–Kier alpha value is -1.79. The van der Waals surface area contributed by atoms with Crippen molar-refractivity contribution in [3.8, 4) is 0 Å². The van der Waals surface area contributed by atoms with Gasteiger partial charge in [-0.25, -0.2) is 4.68 Å². The van der Waals surface area contributed by atoms with E-state index in [1.54, 1.807) is 23.0 Å². The van der Waals surface area contributed by atoms with Crippen LogP contribution in [-0.4, -0.2) is 62.7 Å². The molecular weight excluding hydrogens is 340 g/mol. The van der Waals surface area contributed by atoms with E-state index in [0.29, 0.717) is 5.92 Å². The van der Waals surface area contributed by atoms with Crippen LogP contribution < -0.4 is 0 Å². The summed E-state index contributed by atoms with van der Waals surface area (Å²) in [4.78, 5) is 19.4. The lowest BCUT2D eigenvalue weighted by Gasteiger charge is -2.40. The third-order valence-corrected chi connectivity index (χ3v) is 6.32. The number of rotatable bonds is 4. The Morgan fingerprint density at radius 3 is 2.63 bits per heavy atom. The number of carbonyl (C=O) groups excluding carboxylic acids is 1. The second-order valence-electron chi connectivity index (χ2n) is 8.43. The van der Waals surface area contributed by atoms with Gasteiger partial charge in [0.15, 0.2) is 5.78 Å². The van der Waals surface area contributed by atoms with Gasteiger partial charge in [0.25, 0.3) is 0 Å². The van der Waals surface area contributed by atoms with Crippen molar-refractivity contribution in [3.05, 3.63) is 30.6 Å². The Labute approximate surface area is 161 Å². The predicted molar refractivity (Wildman–Crippen MR) is 105 cm³/mol. The van der Waals surface area contributed by atoms with Crippen LogP contribution in [0.2, 0.25) is 0 Å². The van der Waals surface area contributed by atoms with E-state index in [9.17, 15) is 9.90 Å². The van der Waals surface area contributed by atoms with Gasteiger partial charge in [-0.1, -0.05) is 19.3 Å². The first-order valence-corrected chi connectivity index (χ1v) is 10.4. The zero-order valence-electron chi connectivity index (χ0n) is 16.0. The Bertz CT molecular complexity index is 696. The highest BCUT2D eigenvalue weighted by Gasteiger charge is 2.33. The van der Waals surface area contributed by atoms with Crippen molar-refractivity contribution in [1.29, 1.82) is 0 Å². The Balaban J connectivity index is 1.30. The minimum absolute atomic E-state index is 0.102. The molecule has 1 saturated carbocycles. The molecule has 1 atom stereocenters. The molecule has 0 radical (unpaired) electrons. The van der Waals surface area contributed by atoms with Crippen LogP contribution in [0.15, 0.2) is 35.6 Å². The first-order valence-electron chi connectivity index (χ1n) is 10.4. The van der Waals surface area contributed by atoms with Crippen molar-refractivity contribution in [1.82, 2.24) is 14.7 Å². The zero-order valence-corrected chi connectivity index (χ0v) is 16.0. The van der Waals surface area contributed by atoms with Gasteiger partial charge < -0.3 is 10.0 Å². The van der Waals surface area contributed by atoms with Crippen LogP contribution in [0.5, 0.6) is 0 Å². The highest BCUT2D eigenvalue weighted by atomic mass is 16.3. The fourth-order valence-electron chi connectivity index (χ4n) is 4.72. The van der Waals surface area contributed by atoms with E-state index in [2.05, 4.69) is 15.0 Å². The predicted octanol–water partition coefficient (Wildman–Crippen LogP) is 2.43. The summed E-state index contributed by atoms with van der Waals surface area (Å²) in [6.07, 6.45) is 15.4. The second kappa shape index (κ2) is 8.07. The van der Waals surface area contributed by atoms with Crippen molar-refractivity contribution in [2.24, 2.45) is 10.9 Å². The van der Waals surface area contributed by atoms with Crippen LogP contribution >= 0.6 is 0 Å². The van der Waals surface area contributed by atoms with Crippen molar-refractivity contribution in [2.75, 3.05) is 19.6 Å². The van der Waals surface area contributed by atoms with Gasteiger partial charge in [-0.15, -0.1) is 0 Å². The number of piperidine rings is 1. The molecule has 3 heterocycles. The summed E-state index contributed by atoms with van der Waals surface area (Å²) in [6, 6.07) is 1.57. The number of aliphatic imine (C=N–C) groups is 1. The van der Waals surface area contributed by atoms with Crippen molar-refractivity contribution in [2.45, 2.75) is 63.0 Å². The number of nitrogens with zero attached hydrogens (tertiary/aromatic N) is 4. The number of ketones is 1. The molecule has 2 fully saturated rings. The average molecular weight is 370 g/mol. The fourth-order valence-corrected chi connectivity index (χ4v) is 4.72. The Morgan fingerprint density at radius 2 is 1.93 bits per heavy atom. The molecule has 0 spiro atoms. The average Bonchev–Trinajstić information content (AvgIpc) is 3.20. The third-order valence-electron chi connectivity index (χ3n) is 6.32. The number of aliphatic hydroxyl groups is 1. The summed E-state index contributed by atoms with van der Waals surface area (Å²) in [7, 11) is 0. The van der Waals surface area contributed by atoms with Crippen molar-refractivity contribution >= 4 is 11.6 Å². The van der Waals surface area contributed by atoms with Crippen LogP contribution in [-0.2, 0) is 4.79 Å². The lowest BCUT2D eigenvalue weighted by atomic mass is 9.83. The Kier molecular flexibility index (Phi) is 5.55. The van der Waals surface area contributed by atoms with Gasteiger partial charge in [0.1, 0.15) is 11.9 Å². The molecule has 0 amide bonds. The van der Waals surface area contributed by atoms with E-state index >= 15 is 0 Å². The van der Waals surface area contributed by atoms with Gasteiger partial charge >= 0.3 is 0 Å². The topological polar surface area (TPSA) is 70.7 Å². The Morgan fingerprint density at radius 1 is 1.15 bits per heavy atom. The monoisotopic (exact) mass is 370 g/mol. The van der Waals surface area contributed by atoms with Crippen molar-refractivity contribution in [3.63, 3.8) is 0 Å². The minimum atomic E-state index is -0.474. The summed E-state index contributed by atoms with van der Waals surface area (Å²) in [5, 5.41) is 15.0. The molecule has 0 aromatic carbocycles. The van der Waals surface area contributed by atoms with Crippen LogP contribution in [0.3, 0.4) is 0 Å². The number of allylic oxidation sites excluding steroid dienone is 1. The van der Waals surface area contributed by atoms with Gasteiger partial charge in [0, 0.05) is 18.9 Å². The molecule has 1 unspecified atom stereocenters. The molecule has 2 aliphatic heterocycles. The zero-order chi connectivity index (χ0) is 18.7. The van der Waals surface area contributed by atoms with Gasteiger partial charge in [-0.05, 0) is 69.3 Å². The normalized spacial score (nSPS) is 26.9. The summed E-state index contributed by atoms with van der Waals surface area (Å²) in [5.74, 6) is 1.36. The highest BCUT2D eigenvalue weighted by molar-refractivity contribution is 6.07. The summed E-state index contributed by atoms with van der Waals surface area (Å²) >= 11 is 0. The number of likely N-dealkylation sites (tertiary alicyclic amines) is 1. The van der Waals surface area contributed by atoms with E-state index < -0.39 is 5.60 Å². The second-order valence-corrected chi connectivity index (χ2v) is 8.43. The summed E-state index contributed by atoms with van der Waals surface area (Å²) in [5.41, 5.74) is -0.474. The first-order chi connectivity index (χ1) is 13.1. The maximum absolute atomic E-state index is 12.3. The molecule has 1 saturated heterocycles. The number of aromatic nitrogens is 2. The molecule has 6 heteroatoms. The smallest absolute Gasteiger partial charge is 0.180 e. The highest BCUT2D eigenvalue weighted by Crippen LogP contribution is 2.31. The lowest BCUT2D eigenvalue weighted by molar-refractivity contribution is -0.116. The van der Waals surface area contributed by atoms with E-state index in [0.717, 1.165) is 70.4 Å². The van der Waals surface area contributed by atoms with Gasteiger partial charge in [-0.3, -0.25) is 9.79 Å². The van der Waals surface area contributed by atoms with Crippen LogP contribution in [0.4, 0.5) is 0 Å². The van der Waals surface area contributed by atoms with Crippen LogP contribution in [0.1, 0.15) is 51.4 Å². The van der Waals surface area contributed by atoms with Gasteiger partial charge in [-0.2, -0.15) is 5.10 Å². The summed E-state index contributed by atoms with van der Waals surface area (Å²) in [6.45, 7) is 2.84. The molecule has 6 nitrogen and oxygen atoms in total. The first kappa shape index (κ1) is 18.6. The number of hydrogen-bond donors (Lipinski definition) is 1. The van der Waals surface area contributed by atoms with Gasteiger partial charge in [0.05, 0.1) is 5.60 Å². The van der Waals surface area contributed by atoms with Crippen LogP contribution in [0.25, 0.3) is 0 Å². The summed E-state index contributed by atoms with van der Waals surface area (Å²) < 4.78 is 1.71. The molecule has 1 aromatic rings. The molecule has 3 aliphatic rings. The van der Waals surface area contributed by atoms with Crippen LogP contribution in [0, 0.1) is 5.92 Å². The number of dihydropyridines is 1. The quantitative estimate of drug-likeness (QED) is 0.884.